The molecule has 0 radical (unpaired) electrons. The molecule has 2 aliphatic rings. The van der Waals surface area contributed by atoms with Gasteiger partial charge in [0.25, 0.3) is 0 Å². The summed E-state index contributed by atoms with van der Waals surface area (Å²) in [7, 11) is 1.88. The summed E-state index contributed by atoms with van der Waals surface area (Å²) in [4.78, 5) is 21.4. The van der Waals surface area contributed by atoms with Crippen molar-refractivity contribution >= 4 is 59.0 Å². The van der Waals surface area contributed by atoms with E-state index in [4.69, 9.17) is 23.2 Å². The van der Waals surface area contributed by atoms with E-state index in [-0.39, 0.29) is 24.0 Å². The van der Waals surface area contributed by atoms with Crippen LogP contribution in [-0.4, -0.2) is 72.0 Å². The van der Waals surface area contributed by atoms with E-state index in [2.05, 4.69) is 25.4 Å². The lowest BCUT2D eigenvalue weighted by molar-refractivity contribution is -0.139. The monoisotopic (exact) mass is 570 g/mol. The molecule has 1 saturated heterocycles. The summed E-state index contributed by atoms with van der Waals surface area (Å²) in [5, 5.41) is 7.74. The summed E-state index contributed by atoms with van der Waals surface area (Å²) in [5.41, 5.74) is 0.962. The van der Waals surface area contributed by atoms with Gasteiger partial charge in [-0.05, 0) is 25.8 Å². The Morgan fingerprint density at radius 3 is 2.43 bits per heavy atom. The Morgan fingerprint density at radius 2 is 1.90 bits per heavy atom. The molecule has 0 bridgehead atoms. The molecule has 30 heavy (non-hydrogen) atoms. The summed E-state index contributed by atoms with van der Waals surface area (Å²) in [6.45, 7) is 8.64. The highest BCUT2D eigenvalue weighted by Crippen LogP contribution is 2.28. The van der Waals surface area contributed by atoms with Crippen molar-refractivity contribution in [3.8, 4) is 0 Å². The molecular formula is C20H33Cl2IN6O. The standard InChI is InChI=1S/C20H32Cl2N6O.HI/c1-3-23-20(25-14-16-13-17(21)18(22)26(16)2)24-7-8-27-9-11-28(12-10-27)19(29)15-5-4-6-15;/h13,15H,3-12,14H2,1-2H3,(H2,23,24,25);1H. The second-order valence-corrected chi connectivity index (χ2v) is 8.52. The molecule has 170 valence electrons. The molecule has 1 aliphatic carbocycles. The first kappa shape index (κ1) is 25.5. The van der Waals surface area contributed by atoms with Crippen LogP contribution in [0.4, 0.5) is 0 Å². The third-order valence-corrected chi connectivity index (χ3v) is 6.66. The Bertz CT molecular complexity index is 729. The normalized spacial score (nSPS) is 18.0. The largest absolute Gasteiger partial charge is 0.357 e. The lowest BCUT2D eigenvalue weighted by atomic mass is 9.84. The summed E-state index contributed by atoms with van der Waals surface area (Å²) < 4.78 is 1.85. The minimum absolute atomic E-state index is 0. The van der Waals surface area contributed by atoms with Gasteiger partial charge in [-0.2, -0.15) is 0 Å². The van der Waals surface area contributed by atoms with E-state index in [0.29, 0.717) is 28.5 Å². The molecule has 1 amide bonds. The van der Waals surface area contributed by atoms with Gasteiger partial charge in [-0.3, -0.25) is 9.69 Å². The first-order valence-corrected chi connectivity index (χ1v) is 11.3. The summed E-state index contributed by atoms with van der Waals surface area (Å²) >= 11 is 12.2. The highest BCUT2D eigenvalue weighted by atomic mass is 127. The Hall–Kier alpha value is -0.710. The number of amides is 1. The summed E-state index contributed by atoms with van der Waals surface area (Å²) in [5.74, 6) is 1.45. The lowest BCUT2D eigenvalue weighted by Crippen LogP contribution is -2.52. The maximum atomic E-state index is 12.4. The number of carbonyl (C=O) groups is 1. The van der Waals surface area contributed by atoms with Crippen LogP contribution in [-0.2, 0) is 18.4 Å². The van der Waals surface area contributed by atoms with E-state index in [1.807, 2.05) is 24.6 Å². The number of aromatic nitrogens is 1. The predicted octanol–water partition coefficient (Wildman–Crippen LogP) is 2.95. The van der Waals surface area contributed by atoms with Gasteiger partial charge in [0.05, 0.1) is 11.6 Å². The highest BCUT2D eigenvalue weighted by Gasteiger charge is 2.30. The third kappa shape index (κ3) is 6.64. The fraction of sp³-hybridized carbons (Fsp3) is 0.700. The van der Waals surface area contributed by atoms with Gasteiger partial charge in [-0.1, -0.05) is 29.6 Å². The fourth-order valence-corrected chi connectivity index (χ4v) is 4.10. The molecule has 10 heteroatoms. The maximum absolute atomic E-state index is 12.4. The third-order valence-electron chi connectivity index (χ3n) is 5.82. The van der Waals surface area contributed by atoms with Gasteiger partial charge in [0, 0.05) is 64.5 Å². The molecule has 2 heterocycles. The van der Waals surface area contributed by atoms with Crippen molar-refractivity contribution in [1.82, 2.24) is 25.0 Å². The lowest BCUT2D eigenvalue weighted by Gasteiger charge is -2.38. The topological polar surface area (TPSA) is 64.9 Å². The molecule has 3 rings (SSSR count). The number of aliphatic imine (C=N–C) groups is 1. The molecule has 0 atom stereocenters. The number of halogens is 3. The molecule has 0 unspecified atom stereocenters. The number of hydrogen-bond donors (Lipinski definition) is 2. The van der Waals surface area contributed by atoms with Gasteiger partial charge < -0.3 is 20.1 Å². The minimum atomic E-state index is 0. The number of nitrogens with one attached hydrogen (secondary N) is 2. The van der Waals surface area contributed by atoms with E-state index in [0.717, 1.165) is 70.3 Å². The molecule has 7 nitrogen and oxygen atoms in total. The molecular weight excluding hydrogens is 538 g/mol. The molecule has 1 saturated carbocycles. The van der Waals surface area contributed by atoms with E-state index < -0.39 is 0 Å². The Balaban J connectivity index is 0.00000320. The van der Waals surface area contributed by atoms with Gasteiger partial charge in [0.1, 0.15) is 5.15 Å². The minimum Gasteiger partial charge on any atom is -0.357 e. The molecule has 2 N–H and O–H groups in total. The van der Waals surface area contributed by atoms with Gasteiger partial charge in [0.15, 0.2) is 5.96 Å². The van der Waals surface area contributed by atoms with Gasteiger partial charge in [-0.25, -0.2) is 4.99 Å². The van der Waals surface area contributed by atoms with Crippen molar-refractivity contribution in [2.24, 2.45) is 18.0 Å². The van der Waals surface area contributed by atoms with Crippen molar-refractivity contribution < 1.29 is 4.79 Å². The van der Waals surface area contributed by atoms with Crippen LogP contribution in [0.2, 0.25) is 10.2 Å². The first-order chi connectivity index (χ1) is 14.0. The fourth-order valence-electron chi connectivity index (χ4n) is 3.68. The predicted molar refractivity (Wildman–Crippen MR) is 134 cm³/mol. The quantitative estimate of drug-likeness (QED) is 0.300. The smallest absolute Gasteiger partial charge is 0.225 e. The van der Waals surface area contributed by atoms with Crippen molar-refractivity contribution in [2.75, 3.05) is 45.8 Å². The second-order valence-electron chi connectivity index (χ2n) is 7.75. The van der Waals surface area contributed by atoms with Gasteiger partial charge >= 0.3 is 0 Å². The first-order valence-electron chi connectivity index (χ1n) is 10.5. The molecule has 0 spiro atoms. The molecule has 2 fully saturated rings. The summed E-state index contributed by atoms with van der Waals surface area (Å²) in [6.07, 6.45) is 3.37. The SMILES string of the molecule is CCNC(=NCc1cc(Cl)c(Cl)n1C)NCCN1CCN(C(=O)C2CCC2)CC1.I. The number of carbonyl (C=O) groups excluding carboxylic acids is 1. The zero-order valence-electron chi connectivity index (χ0n) is 17.8. The zero-order valence-corrected chi connectivity index (χ0v) is 21.6. The van der Waals surface area contributed by atoms with Crippen LogP contribution >= 0.6 is 47.2 Å². The average molecular weight is 571 g/mol. The van der Waals surface area contributed by atoms with Gasteiger partial charge in [0.2, 0.25) is 5.91 Å². The van der Waals surface area contributed by atoms with Crippen LogP contribution in [0.25, 0.3) is 0 Å². The number of rotatable bonds is 7. The molecule has 1 aromatic rings. The van der Waals surface area contributed by atoms with Crippen LogP contribution in [0.5, 0.6) is 0 Å². The van der Waals surface area contributed by atoms with Crippen LogP contribution in [0, 0.1) is 5.92 Å². The second kappa shape index (κ2) is 12.4. The molecule has 0 aromatic carbocycles. The van der Waals surface area contributed by atoms with Crippen LogP contribution < -0.4 is 10.6 Å². The Labute approximate surface area is 206 Å². The van der Waals surface area contributed by atoms with Gasteiger partial charge in [-0.15, -0.1) is 24.0 Å². The number of guanidine groups is 1. The maximum Gasteiger partial charge on any atom is 0.225 e. The highest BCUT2D eigenvalue weighted by molar-refractivity contribution is 14.0. The molecule has 1 aromatic heterocycles. The van der Waals surface area contributed by atoms with E-state index in [1.165, 1.54) is 6.42 Å². The van der Waals surface area contributed by atoms with Crippen molar-refractivity contribution in [3.05, 3.63) is 21.9 Å². The van der Waals surface area contributed by atoms with Crippen molar-refractivity contribution in [2.45, 2.75) is 32.7 Å². The Morgan fingerprint density at radius 1 is 1.20 bits per heavy atom. The van der Waals surface area contributed by atoms with Crippen LogP contribution in [0.15, 0.2) is 11.1 Å². The van der Waals surface area contributed by atoms with Crippen LogP contribution in [0.3, 0.4) is 0 Å². The zero-order chi connectivity index (χ0) is 20.8. The Kier molecular flexibility index (Phi) is 10.5. The van der Waals surface area contributed by atoms with E-state index >= 15 is 0 Å². The number of hydrogen-bond acceptors (Lipinski definition) is 3. The average Bonchev–Trinajstić information content (AvgIpc) is 2.92. The molecule has 1 aliphatic heterocycles. The van der Waals surface area contributed by atoms with E-state index in [9.17, 15) is 4.79 Å². The number of piperazine rings is 1. The van der Waals surface area contributed by atoms with Crippen molar-refractivity contribution in [3.63, 3.8) is 0 Å². The van der Waals surface area contributed by atoms with E-state index in [1.54, 1.807) is 0 Å². The number of nitrogens with zero attached hydrogens (tertiary/aromatic N) is 4. The van der Waals surface area contributed by atoms with Crippen molar-refractivity contribution in [1.29, 1.82) is 0 Å². The van der Waals surface area contributed by atoms with Crippen LogP contribution in [0.1, 0.15) is 31.9 Å². The summed E-state index contributed by atoms with van der Waals surface area (Å²) in [6, 6.07) is 1.85.